The minimum absolute atomic E-state index is 0.0942. The zero-order valence-electron chi connectivity index (χ0n) is 6.31. The summed E-state index contributed by atoms with van der Waals surface area (Å²) in [4.78, 5) is 0. The molecule has 0 amide bonds. The average Bonchev–Trinajstić information content (AvgIpc) is 2.04. The maximum atomic E-state index is 13.0. The number of alkyl halides is 9. The molecule has 0 aliphatic heterocycles. The molecule has 0 spiro atoms. The molecular formula is C5I9O. The van der Waals surface area contributed by atoms with Gasteiger partial charge in [-0.3, -0.25) is 0 Å². The molecule has 1 aliphatic carbocycles. The Balaban J connectivity index is 3.55. The average molecular weight is 1220 g/mol. The predicted octanol–water partition coefficient (Wildman–Crippen LogP) is 6.83. The van der Waals surface area contributed by atoms with Crippen LogP contribution in [0.1, 0.15) is 0 Å². The zero-order valence-corrected chi connectivity index (χ0v) is 25.7. The molecular weight excluding hydrogens is 1220 g/mol. The molecule has 0 aromatic heterocycles. The van der Waals surface area contributed by atoms with Crippen molar-refractivity contribution in [3.63, 3.8) is 0 Å². The molecule has 1 rings (SSSR count). The third kappa shape index (κ3) is 2.65. The van der Waals surface area contributed by atoms with Crippen LogP contribution in [0.5, 0.6) is 0 Å². The molecule has 0 bridgehead atoms. The minimum Gasteiger partial charge on any atom is -0.213 e. The molecule has 1 fully saturated rings. The summed E-state index contributed by atoms with van der Waals surface area (Å²) >= 11 is 21.2. The number of halogens is 9. The van der Waals surface area contributed by atoms with Gasteiger partial charge in [0.15, 0.2) is 0 Å². The Kier molecular flexibility index (Phi) is 7.66. The summed E-state index contributed by atoms with van der Waals surface area (Å²) in [6.07, 6.45) is 0. The van der Waals surface area contributed by atoms with Gasteiger partial charge >= 0.3 is 0 Å². The van der Waals surface area contributed by atoms with Crippen LogP contribution in [0.2, 0.25) is 0 Å². The van der Waals surface area contributed by atoms with Gasteiger partial charge in [0.05, 0.1) is 0 Å². The van der Waals surface area contributed by atoms with Crippen molar-refractivity contribution in [3.8, 4) is 0 Å². The molecule has 0 atom stereocenters. The molecule has 0 unspecified atom stereocenters. The Labute approximate surface area is 211 Å². The van der Waals surface area contributed by atoms with Gasteiger partial charge in [0.25, 0.3) is 0 Å². The van der Waals surface area contributed by atoms with Crippen LogP contribution in [-0.2, 0) is 5.11 Å². The van der Waals surface area contributed by atoms with Crippen LogP contribution in [0.4, 0.5) is 0 Å². The van der Waals surface area contributed by atoms with Crippen LogP contribution in [0.25, 0.3) is 0 Å². The fraction of sp³-hybridized carbons (Fsp3) is 1.00. The monoisotopic (exact) mass is 1220 g/mol. The van der Waals surface area contributed by atoms with Gasteiger partial charge in [-0.2, -0.15) is 0 Å². The second kappa shape index (κ2) is 5.87. The van der Waals surface area contributed by atoms with Gasteiger partial charge in [0.2, 0.25) is 3.61 Å². The van der Waals surface area contributed by atoms with Crippen molar-refractivity contribution < 1.29 is 5.11 Å². The normalized spacial score (nSPS) is 34.0. The van der Waals surface area contributed by atoms with E-state index < -0.39 is 3.61 Å². The van der Waals surface area contributed by atoms with Crippen LogP contribution >= 0.6 is 203 Å². The Morgan fingerprint density at radius 2 is 0.667 bits per heavy atom. The molecule has 0 N–H and O–H groups in total. The maximum absolute atomic E-state index is 13.0. The van der Waals surface area contributed by atoms with Gasteiger partial charge in [-0.1, -0.05) is 181 Å². The maximum Gasteiger partial charge on any atom is 0.205 e. The summed E-state index contributed by atoms with van der Waals surface area (Å²) in [5.41, 5.74) is 0. The SMILES string of the molecule is [O]C1(I)C(I)(I)C(I)(I)C(I)(I)C1(I)I. The van der Waals surface area contributed by atoms with Gasteiger partial charge in [0, 0.05) is 0 Å². The van der Waals surface area contributed by atoms with Gasteiger partial charge in [0.1, 0.15) is 5.71 Å². The first-order valence-corrected chi connectivity index (χ1v) is 12.9. The number of hydrogen-bond acceptors (Lipinski definition) is 0. The van der Waals surface area contributed by atoms with E-state index in [1.54, 1.807) is 0 Å². The molecule has 1 saturated carbocycles. The summed E-state index contributed by atoms with van der Waals surface area (Å²) in [5, 5.41) is 13.0. The molecule has 1 radical (unpaired) electrons. The smallest absolute Gasteiger partial charge is 0.205 e. The third-order valence-corrected chi connectivity index (χ3v) is 32.9. The Morgan fingerprint density at radius 3 is 0.733 bits per heavy atom. The van der Waals surface area contributed by atoms with E-state index in [1.807, 2.05) is 0 Å². The first kappa shape index (κ1) is 19.6. The van der Waals surface area contributed by atoms with Gasteiger partial charge < -0.3 is 0 Å². The van der Waals surface area contributed by atoms with E-state index in [-0.39, 0.29) is 5.71 Å². The van der Waals surface area contributed by atoms with Crippen molar-refractivity contribution in [2.75, 3.05) is 0 Å². The lowest BCUT2D eigenvalue weighted by atomic mass is 10.3. The van der Waals surface area contributed by atoms with E-state index in [9.17, 15) is 5.11 Å². The fourth-order valence-electron chi connectivity index (χ4n) is 0.995. The Bertz CT molecular complexity index is 203. The van der Waals surface area contributed by atoms with E-state index in [0.717, 1.165) is 0 Å². The van der Waals surface area contributed by atoms with E-state index in [0.29, 0.717) is 0 Å². The molecule has 89 valence electrons. The second-order valence-electron chi connectivity index (χ2n) is 2.89. The quantitative estimate of drug-likeness (QED) is 0.188. The van der Waals surface area contributed by atoms with Gasteiger partial charge in [-0.05, 0) is 22.6 Å². The molecule has 0 heterocycles. The highest BCUT2D eigenvalue weighted by Gasteiger charge is 2.84. The van der Waals surface area contributed by atoms with Crippen LogP contribution in [0.3, 0.4) is 0 Å². The third-order valence-electron chi connectivity index (χ3n) is 1.99. The summed E-state index contributed by atoms with van der Waals surface area (Å²) < 4.78 is -1.86. The highest BCUT2D eigenvalue weighted by molar-refractivity contribution is 14.2. The van der Waals surface area contributed by atoms with Crippen molar-refractivity contribution in [2.24, 2.45) is 0 Å². The summed E-state index contributed by atoms with van der Waals surface area (Å²) in [6, 6.07) is 0. The molecule has 10 heteroatoms. The van der Waals surface area contributed by atoms with Crippen LogP contribution < -0.4 is 0 Å². The van der Waals surface area contributed by atoms with Gasteiger partial charge in [-0.25, -0.2) is 5.11 Å². The molecule has 0 saturated heterocycles. The van der Waals surface area contributed by atoms with Crippen molar-refractivity contribution in [1.29, 1.82) is 0 Å². The van der Waals surface area contributed by atoms with E-state index in [1.165, 1.54) is 0 Å². The first-order valence-electron chi connectivity index (χ1n) is 3.15. The lowest BCUT2D eigenvalue weighted by molar-refractivity contribution is 0.0880. The van der Waals surface area contributed by atoms with Crippen molar-refractivity contribution in [3.05, 3.63) is 0 Å². The number of hydrogen-bond donors (Lipinski definition) is 0. The largest absolute Gasteiger partial charge is 0.213 e. The van der Waals surface area contributed by atoms with Crippen LogP contribution in [-0.4, -0.2) is 9.32 Å². The Morgan fingerprint density at radius 1 is 0.467 bits per heavy atom. The lowest BCUT2D eigenvalue weighted by Crippen LogP contribution is -2.47. The van der Waals surface area contributed by atoms with Crippen molar-refractivity contribution >= 4 is 203 Å². The topological polar surface area (TPSA) is 19.9 Å². The Hall–Kier alpha value is 6.53. The minimum atomic E-state index is -1.01. The molecule has 15 heavy (non-hydrogen) atoms. The van der Waals surface area contributed by atoms with Crippen molar-refractivity contribution in [2.45, 2.75) is 9.32 Å². The molecule has 0 aromatic carbocycles. The van der Waals surface area contributed by atoms with Crippen LogP contribution in [0, 0.1) is 0 Å². The summed E-state index contributed by atoms with van der Waals surface area (Å²) in [6.45, 7) is 0. The fourth-order valence-corrected chi connectivity index (χ4v) is 16.4. The highest BCUT2D eigenvalue weighted by Crippen LogP contribution is 2.81. The summed E-state index contributed by atoms with van der Waals surface area (Å²) in [5.74, 6) is 0. The predicted molar refractivity (Wildman–Crippen MR) is 141 cm³/mol. The van der Waals surface area contributed by atoms with Gasteiger partial charge in [-0.15, -0.1) is 0 Å². The number of rotatable bonds is 0. The standard InChI is InChI=1S/C5I9O/c6-1(7)2(8,9)4(12,13)5(14,15)3(1,10)11. The first-order chi connectivity index (χ1) is 6.25. The zero-order chi connectivity index (χ0) is 12.5. The molecule has 0 aromatic rings. The second-order valence-corrected chi connectivity index (χ2v) is 25.6. The lowest BCUT2D eigenvalue weighted by Gasteiger charge is -2.36. The van der Waals surface area contributed by atoms with E-state index >= 15 is 0 Å². The van der Waals surface area contributed by atoms with Crippen LogP contribution in [0.15, 0.2) is 0 Å². The summed E-state index contributed by atoms with van der Waals surface area (Å²) in [7, 11) is 0. The molecule has 1 nitrogen and oxygen atoms in total. The van der Waals surface area contributed by atoms with E-state index in [2.05, 4.69) is 203 Å². The van der Waals surface area contributed by atoms with E-state index in [4.69, 9.17) is 0 Å². The highest BCUT2D eigenvalue weighted by atomic mass is 127. The molecule has 1 aliphatic rings. The van der Waals surface area contributed by atoms with Crippen molar-refractivity contribution in [1.82, 2.24) is 0 Å².